The van der Waals surface area contributed by atoms with Crippen molar-refractivity contribution in [2.45, 2.75) is 46.7 Å². The van der Waals surface area contributed by atoms with E-state index in [0.29, 0.717) is 19.1 Å². The van der Waals surface area contributed by atoms with Crippen molar-refractivity contribution in [1.29, 1.82) is 0 Å². The van der Waals surface area contributed by atoms with E-state index in [0.717, 1.165) is 5.69 Å². The summed E-state index contributed by atoms with van der Waals surface area (Å²) in [6, 6.07) is 5.40. The van der Waals surface area contributed by atoms with Gasteiger partial charge in [-0.15, -0.1) is 0 Å². The van der Waals surface area contributed by atoms with Crippen molar-refractivity contribution in [3.05, 3.63) is 30.1 Å². The first-order valence-electron chi connectivity index (χ1n) is 7.95. The van der Waals surface area contributed by atoms with Crippen molar-refractivity contribution >= 4 is 6.03 Å². The molecule has 0 aliphatic heterocycles. The van der Waals surface area contributed by atoms with Gasteiger partial charge in [-0.3, -0.25) is 4.98 Å². The normalized spacial score (nSPS) is 14.0. The van der Waals surface area contributed by atoms with Gasteiger partial charge in [0.15, 0.2) is 0 Å². The largest absolute Gasteiger partial charge is 0.379 e. The molecule has 0 saturated carbocycles. The Kier molecular flexibility index (Phi) is 7.88. The van der Waals surface area contributed by atoms with Gasteiger partial charge in [-0.05, 0) is 30.9 Å². The van der Waals surface area contributed by atoms with Gasteiger partial charge >= 0.3 is 6.03 Å². The highest BCUT2D eigenvalue weighted by Crippen LogP contribution is 2.19. The van der Waals surface area contributed by atoms with Crippen molar-refractivity contribution in [1.82, 2.24) is 15.6 Å². The quantitative estimate of drug-likeness (QED) is 0.775. The molecular weight excluding hydrogens is 278 g/mol. The highest BCUT2D eigenvalue weighted by molar-refractivity contribution is 5.74. The van der Waals surface area contributed by atoms with Gasteiger partial charge in [0.1, 0.15) is 0 Å². The summed E-state index contributed by atoms with van der Waals surface area (Å²) in [7, 11) is 0. The van der Waals surface area contributed by atoms with E-state index in [4.69, 9.17) is 4.74 Å². The number of carbonyl (C=O) groups is 1. The fourth-order valence-electron chi connectivity index (χ4n) is 2.07. The second-order valence-corrected chi connectivity index (χ2v) is 6.43. The lowest BCUT2D eigenvalue weighted by Crippen LogP contribution is -2.45. The van der Waals surface area contributed by atoms with Crippen LogP contribution in [0.3, 0.4) is 0 Å². The molecule has 0 aromatic carbocycles. The van der Waals surface area contributed by atoms with E-state index < -0.39 is 0 Å². The molecule has 2 atom stereocenters. The van der Waals surface area contributed by atoms with Crippen molar-refractivity contribution < 1.29 is 9.53 Å². The molecule has 0 bridgehead atoms. The van der Waals surface area contributed by atoms with Crippen LogP contribution in [0.4, 0.5) is 4.79 Å². The number of urea groups is 1. The van der Waals surface area contributed by atoms with Gasteiger partial charge in [0, 0.05) is 12.8 Å². The Morgan fingerprint density at radius 2 is 1.86 bits per heavy atom. The van der Waals surface area contributed by atoms with Gasteiger partial charge in [0.2, 0.25) is 0 Å². The third-order valence-corrected chi connectivity index (χ3v) is 3.16. The summed E-state index contributed by atoms with van der Waals surface area (Å²) in [6.07, 6.45) is 1.74. The van der Waals surface area contributed by atoms with E-state index in [1.54, 1.807) is 6.20 Å². The van der Waals surface area contributed by atoms with Crippen LogP contribution in [-0.4, -0.2) is 30.3 Å². The van der Waals surface area contributed by atoms with Gasteiger partial charge in [-0.25, -0.2) is 4.79 Å². The molecule has 0 radical (unpaired) electrons. The van der Waals surface area contributed by atoms with Crippen LogP contribution in [0.2, 0.25) is 0 Å². The molecule has 1 aromatic heterocycles. The van der Waals surface area contributed by atoms with E-state index >= 15 is 0 Å². The fraction of sp³-hybridized carbons (Fsp3) is 0.647. The summed E-state index contributed by atoms with van der Waals surface area (Å²) in [6.45, 7) is 11.5. The number of hydrogen-bond acceptors (Lipinski definition) is 3. The minimum Gasteiger partial charge on any atom is -0.379 e. The third kappa shape index (κ3) is 6.89. The number of hydrogen-bond donors (Lipinski definition) is 2. The molecule has 1 heterocycles. The Labute approximate surface area is 133 Å². The van der Waals surface area contributed by atoms with Crippen LogP contribution in [-0.2, 0) is 4.74 Å². The second-order valence-electron chi connectivity index (χ2n) is 6.43. The molecule has 1 aromatic rings. The number of ether oxygens (including phenoxy) is 1. The molecule has 0 aliphatic rings. The molecule has 0 spiro atoms. The van der Waals surface area contributed by atoms with Crippen molar-refractivity contribution in [3.63, 3.8) is 0 Å². The monoisotopic (exact) mass is 307 g/mol. The third-order valence-electron chi connectivity index (χ3n) is 3.16. The molecule has 5 heteroatoms. The minimum absolute atomic E-state index is 0.0321. The predicted molar refractivity (Wildman–Crippen MR) is 88.6 cm³/mol. The van der Waals surface area contributed by atoms with Crippen LogP contribution in [0.5, 0.6) is 0 Å². The molecule has 2 N–H and O–H groups in total. The van der Waals surface area contributed by atoms with Crippen LogP contribution in [0, 0.1) is 11.8 Å². The maximum absolute atomic E-state index is 12.1. The summed E-state index contributed by atoms with van der Waals surface area (Å²) in [5.41, 5.74) is 0.872. The SMILES string of the molecule is CC(C)COC[C@H](C)NC(=O)N[C@H](c1ccccn1)C(C)C. The number of amides is 2. The maximum Gasteiger partial charge on any atom is 0.315 e. The van der Waals surface area contributed by atoms with Crippen LogP contribution >= 0.6 is 0 Å². The van der Waals surface area contributed by atoms with E-state index in [9.17, 15) is 4.79 Å². The van der Waals surface area contributed by atoms with Crippen LogP contribution in [0.15, 0.2) is 24.4 Å². The zero-order valence-electron chi connectivity index (χ0n) is 14.3. The molecule has 0 aliphatic carbocycles. The van der Waals surface area contributed by atoms with E-state index in [1.807, 2.05) is 25.1 Å². The van der Waals surface area contributed by atoms with Gasteiger partial charge in [0.25, 0.3) is 0 Å². The molecular formula is C17H29N3O2. The lowest BCUT2D eigenvalue weighted by atomic mass is 10.0. The Balaban J connectivity index is 2.47. The Bertz CT molecular complexity index is 435. The van der Waals surface area contributed by atoms with Crippen molar-refractivity contribution in [2.24, 2.45) is 11.8 Å². The Morgan fingerprint density at radius 3 is 2.41 bits per heavy atom. The van der Waals surface area contributed by atoms with E-state index in [1.165, 1.54) is 0 Å². The molecule has 0 unspecified atom stereocenters. The maximum atomic E-state index is 12.1. The lowest BCUT2D eigenvalue weighted by molar-refractivity contribution is 0.0951. The van der Waals surface area contributed by atoms with Crippen LogP contribution in [0.1, 0.15) is 46.4 Å². The number of nitrogens with one attached hydrogen (secondary N) is 2. The number of pyridine rings is 1. The topological polar surface area (TPSA) is 63.2 Å². The molecule has 1 rings (SSSR count). The summed E-state index contributed by atoms with van der Waals surface area (Å²) < 4.78 is 5.54. The number of rotatable bonds is 8. The zero-order chi connectivity index (χ0) is 16.5. The smallest absolute Gasteiger partial charge is 0.315 e. The molecule has 5 nitrogen and oxygen atoms in total. The predicted octanol–water partition coefficient (Wildman–Crippen LogP) is 3.14. The van der Waals surface area contributed by atoms with Gasteiger partial charge in [0.05, 0.1) is 24.4 Å². The van der Waals surface area contributed by atoms with E-state index in [2.05, 4.69) is 43.3 Å². The van der Waals surface area contributed by atoms with Gasteiger partial charge < -0.3 is 15.4 Å². The molecule has 22 heavy (non-hydrogen) atoms. The van der Waals surface area contributed by atoms with E-state index in [-0.39, 0.29) is 24.0 Å². The number of aromatic nitrogens is 1. The first-order valence-corrected chi connectivity index (χ1v) is 7.95. The summed E-state index contributed by atoms with van der Waals surface area (Å²) in [5.74, 6) is 0.753. The van der Waals surface area contributed by atoms with Gasteiger partial charge in [-0.2, -0.15) is 0 Å². The standard InChI is InChI=1S/C17H29N3O2/c1-12(2)10-22-11-14(5)19-17(21)20-16(13(3)4)15-8-6-7-9-18-15/h6-9,12-14,16H,10-11H2,1-5H3,(H2,19,20,21)/t14-,16-/m0/s1. The number of nitrogens with zero attached hydrogens (tertiary/aromatic N) is 1. The Morgan fingerprint density at radius 1 is 1.14 bits per heavy atom. The highest BCUT2D eigenvalue weighted by Gasteiger charge is 2.20. The van der Waals surface area contributed by atoms with Crippen LogP contribution < -0.4 is 10.6 Å². The average molecular weight is 307 g/mol. The van der Waals surface area contributed by atoms with Crippen molar-refractivity contribution in [2.75, 3.05) is 13.2 Å². The lowest BCUT2D eigenvalue weighted by Gasteiger charge is -2.23. The Hall–Kier alpha value is -1.62. The first kappa shape index (κ1) is 18.4. The summed E-state index contributed by atoms with van der Waals surface area (Å²) >= 11 is 0. The van der Waals surface area contributed by atoms with Crippen LogP contribution in [0.25, 0.3) is 0 Å². The summed E-state index contributed by atoms with van der Waals surface area (Å²) in [5, 5.41) is 5.90. The molecule has 0 fully saturated rings. The molecule has 0 saturated heterocycles. The van der Waals surface area contributed by atoms with Crippen molar-refractivity contribution in [3.8, 4) is 0 Å². The average Bonchev–Trinajstić information content (AvgIpc) is 2.45. The second kappa shape index (κ2) is 9.41. The fourth-order valence-corrected chi connectivity index (χ4v) is 2.07. The van der Waals surface area contributed by atoms with Gasteiger partial charge in [-0.1, -0.05) is 33.8 Å². The summed E-state index contributed by atoms with van der Waals surface area (Å²) in [4.78, 5) is 16.5. The zero-order valence-corrected chi connectivity index (χ0v) is 14.3. The molecule has 124 valence electrons. The number of carbonyl (C=O) groups excluding carboxylic acids is 1. The molecule has 2 amide bonds. The highest BCUT2D eigenvalue weighted by atomic mass is 16.5. The minimum atomic E-state index is -0.190. The first-order chi connectivity index (χ1) is 10.4.